The number of aliphatic hydroxyl groups excluding tert-OH is 1. The highest BCUT2D eigenvalue weighted by molar-refractivity contribution is 7.17. The van der Waals surface area contributed by atoms with Crippen LogP contribution in [0.3, 0.4) is 0 Å². The van der Waals surface area contributed by atoms with Crippen LogP contribution < -0.4 is 15.4 Å². The molecule has 2 fully saturated rings. The Morgan fingerprint density at radius 3 is 2.58 bits per heavy atom. The van der Waals surface area contributed by atoms with Gasteiger partial charge in [0.05, 0.1) is 6.10 Å². The summed E-state index contributed by atoms with van der Waals surface area (Å²) in [6, 6.07) is 5.33. The summed E-state index contributed by atoms with van der Waals surface area (Å²) in [6.45, 7) is 3.92. The van der Waals surface area contributed by atoms with Crippen molar-refractivity contribution in [3.8, 4) is 10.8 Å². The molecule has 0 unspecified atom stereocenters. The molecule has 0 spiro atoms. The second-order valence-electron chi connectivity index (χ2n) is 8.42. The Hall–Kier alpha value is -2.72. The third-order valence-corrected chi connectivity index (χ3v) is 6.13. The topological polar surface area (TPSA) is 104 Å². The maximum atomic E-state index is 13.2. The number of carbonyl (C=O) groups excluding carboxylic acids is 2. The van der Waals surface area contributed by atoms with E-state index in [9.17, 15) is 19.1 Å². The summed E-state index contributed by atoms with van der Waals surface area (Å²) in [4.78, 5) is 31.3. The van der Waals surface area contributed by atoms with Crippen molar-refractivity contribution >= 4 is 28.4 Å². The van der Waals surface area contributed by atoms with Gasteiger partial charge >= 0.3 is 6.03 Å². The molecule has 1 saturated heterocycles. The van der Waals surface area contributed by atoms with Gasteiger partial charge in [-0.25, -0.2) is 14.2 Å². The lowest BCUT2D eigenvalue weighted by atomic mass is 10.1. The molecule has 1 aliphatic heterocycles. The SMILES string of the molecule is CC(C)(NC(=O)N1CC[C@@H](O)C1)C(=O)Nc1nc(C2CC2)c(Oc2ccc(F)cc2)s1. The number of ether oxygens (including phenoxy) is 1. The van der Waals surface area contributed by atoms with E-state index in [2.05, 4.69) is 15.6 Å². The first-order valence-electron chi connectivity index (χ1n) is 10.2. The Labute approximate surface area is 183 Å². The molecule has 1 atom stereocenters. The van der Waals surface area contributed by atoms with E-state index in [4.69, 9.17) is 4.74 Å². The van der Waals surface area contributed by atoms with Gasteiger partial charge in [-0.05, 0) is 57.4 Å². The van der Waals surface area contributed by atoms with Gasteiger partial charge in [-0.1, -0.05) is 11.3 Å². The summed E-state index contributed by atoms with van der Waals surface area (Å²) in [7, 11) is 0. The van der Waals surface area contributed by atoms with Gasteiger partial charge in [0.2, 0.25) is 5.06 Å². The van der Waals surface area contributed by atoms with Gasteiger partial charge in [-0.2, -0.15) is 0 Å². The zero-order valence-electron chi connectivity index (χ0n) is 17.4. The van der Waals surface area contributed by atoms with E-state index in [0.29, 0.717) is 28.9 Å². The monoisotopic (exact) mass is 448 g/mol. The Morgan fingerprint density at radius 2 is 1.97 bits per heavy atom. The Kier molecular flexibility index (Phi) is 5.85. The molecule has 2 aromatic rings. The minimum absolute atomic E-state index is 0.255. The van der Waals surface area contributed by atoms with E-state index >= 15 is 0 Å². The molecular weight excluding hydrogens is 423 g/mol. The van der Waals surface area contributed by atoms with Crippen molar-refractivity contribution in [1.29, 1.82) is 0 Å². The average Bonchev–Trinajstić information content (AvgIpc) is 3.34. The molecule has 1 aromatic carbocycles. The molecule has 10 heteroatoms. The number of benzene rings is 1. The lowest BCUT2D eigenvalue weighted by Crippen LogP contribution is -2.55. The number of β-amino-alcohol motifs (C(OH)–C–C–N with tert-alkyl or cyclic N) is 1. The van der Waals surface area contributed by atoms with E-state index in [-0.39, 0.29) is 18.3 Å². The maximum Gasteiger partial charge on any atom is 0.318 e. The summed E-state index contributed by atoms with van der Waals surface area (Å²) in [5, 5.41) is 16.0. The molecule has 166 valence electrons. The molecule has 8 nitrogen and oxygen atoms in total. The number of nitrogens with one attached hydrogen (secondary N) is 2. The number of aromatic nitrogens is 1. The molecule has 4 rings (SSSR count). The van der Waals surface area contributed by atoms with Gasteiger partial charge in [0.25, 0.3) is 5.91 Å². The second kappa shape index (κ2) is 8.43. The number of thiazole rings is 1. The van der Waals surface area contributed by atoms with Crippen molar-refractivity contribution in [2.45, 2.75) is 50.7 Å². The number of likely N-dealkylation sites (tertiary alicyclic amines) is 1. The van der Waals surface area contributed by atoms with Crippen molar-refractivity contribution in [2.75, 3.05) is 18.4 Å². The Bertz CT molecular complexity index is 974. The fraction of sp³-hybridized carbons (Fsp3) is 0.476. The van der Waals surface area contributed by atoms with Crippen molar-refractivity contribution in [3.63, 3.8) is 0 Å². The highest BCUT2D eigenvalue weighted by Crippen LogP contribution is 2.48. The van der Waals surface area contributed by atoms with Gasteiger partial charge in [-0.3, -0.25) is 10.1 Å². The fourth-order valence-electron chi connectivity index (χ4n) is 3.25. The van der Waals surface area contributed by atoms with Crippen LogP contribution in [0, 0.1) is 5.82 Å². The van der Waals surface area contributed by atoms with Crippen molar-refractivity contribution in [1.82, 2.24) is 15.2 Å². The Balaban J connectivity index is 1.43. The van der Waals surface area contributed by atoms with Gasteiger partial charge < -0.3 is 20.1 Å². The minimum atomic E-state index is -1.19. The van der Waals surface area contributed by atoms with Crippen LogP contribution in [0.25, 0.3) is 0 Å². The number of anilines is 1. The molecule has 1 aromatic heterocycles. The van der Waals surface area contributed by atoms with E-state index in [1.165, 1.54) is 40.5 Å². The van der Waals surface area contributed by atoms with E-state index < -0.39 is 23.6 Å². The van der Waals surface area contributed by atoms with Crippen LogP contribution in [0.15, 0.2) is 24.3 Å². The summed E-state index contributed by atoms with van der Waals surface area (Å²) in [6.07, 6.45) is 2.00. The minimum Gasteiger partial charge on any atom is -0.445 e. The van der Waals surface area contributed by atoms with Crippen LogP contribution >= 0.6 is 11.3 Å². The van der Waals surface area contributed by atoms with Crippen molar-refractivity contribution in [2.24, 2.45) is 0 Å². The molecule has 31 heavy (non-hydrogen) atoms. The normalized spacial score (nSPS) is 18.7. The highest BCUT2D eigenvalue weighted by atomic mass is 32.1. The molecule has 3 amide bonds. The molecule has 2 aliphatic rings. The first-order chi connectivity index (χ1) is 14.7. The van der Waals surface area contributed by atoms with Crippen LogP contribution in [0.5, 0.6) is 10.8 Å². The molecule has 2 heterocycles. The number of amides is 3. The Morgan fingerprint density at radius 1 is 1.26 bits per heavy atom. The van der Waals surface area contributed by atoms with Crippen molar-refractivity contribution < 1.29 is 23.8 Å². The standard InChI is InChI=1S/C21H25FN4O4S/c1-21(2,25-20(29)26-10-9-14(27)11-26)18(28)24-19-23-16(12-3-4-12)17(31-19)30-15-7-5-13(22)6-8-15/h5-8,12,14,27H,3-4,9-11H2,1-2H3,(H,25,29)(H,23,24,28)/t14-/m1/s1. The number of nitrogens with zero attached hydrogens (tertiary/aromatic N) is 2. The number of hydrogen-bond donors (Lipinski definition) is 3. The third-order valence-electron chi connectivity index (χ3n) is 5.27. The van der Waals surface area contributed by atoms with E-state index in [1.807, 2.05) is 0 Å². The predicted octanol–water partition coefficient (Wildman–Crippen LogP) is 3.45. The average molecular weight is 449 g/mol. The van der Waals surface area contributed by atoms with Crippen LogP contribution in [0.2, 0.25) is 0 Å². The van der Waals surface area contributed by atoms with Crippen LogP contribution in [-0.4, -0.2) is 51.7 Å². The largest absolute Gasteiger partial charge is 0.445 e. The van der Waals surface area contributed by atoms with Crippen LogP contribution in [-0.2, 0) is 4.79 Å². The summed E-state index contributed by atoms with van der Waals surface area (Å²) < 4.78 is 19.0. The maximum absolute atomic E-state index is 13.2. The van der Waals surface area contributed by atoms with Crippen LogP contribution in [0.4, 0.5) is 14.3 Å². The predicted molar refractivity (Wildman–Crippen MR) is 114 cm³/mol. The van der Waals surface area contributed by atoms with Crippen LogP contribution in [0.1, 0.15) is 44.7 Å². The second-order valence-corrected chi connectivity index (χ2v) is 9.38. The number of halogens is 1. The van der Waals surface area contributed by atoms with E-state index in [0.717, 1.165) is 18.5 Å². The lowest BCUT2D eigenvalue weighted by Gasteiger charge is -2.27. The number of aliphatic hydroxyl groups is 1. The zero-order chi connectivity index (χ0) is 22.2. The first-order valence-corrected chi connectivity index (χ1v) is 11.0. The number of carbonyl (C=O) groups is 2. The van der Waals surface area contributed by atoms with E-state index in [1.54, 1.807) is 13.8 Å². The third kappa shape index (κ3) is 5.13. The quantitative estimate of drug-likeness (QED) is 0.628. The van der Waals surface area contributed by atoms with Gasteiger partial charge in [0.15, 0.2) is 5.13 Å². The number of urea groups is 1. The molecular formula is C21H25FN4O4S. The van der Waals surface area contributed by atoms with Gasteiger partial charge in [-0.15, -0.1) is 0 Å². The first kappa shape index (κ1) is 21.5. The molecule has 0 radical (unpaired) electrons. The fourth-order valence-corrected chi connectivity index (χ4v) is 4.17. The number of hydrogen-bond acceptors (Lipinski definition) is 6. The molecule has 3 N–H and O–H groups in total. The number of rotatable bonds is 6. The summed E-state index contributed by atoms with van der Waals surface area (Å²) in [5.41, 5.74) is -0.411. The molecule has 1 aliphatic carbocycles. The van der Waals surface area contributed by atoms with Crippen molar-refractivity contribution in [3.05, 3.63) is 35.8 Å². The highest BCUT2D eigenvalue weighted by Gasteiger charge is 2.35. The molecule has 1 saturated carbocycles. The van der Waals surface area contributed by atoms with Gasteiger partial charge in [0.1, 0.15) is 22.8 Å². The van der Waals surface area contributed by atoms with Gasteiger partial charge in [0, 0.05) is 19.0 Å². The molecule has 0 bridgehead atoms. The zero-order valence-corrected chi connectivity index (χ0v) is 18.2. The summed E-state index contributed by atoms with van der Waals surface area (Å²) >= 11 is 1.20. The lowest BCUT2D eigenvalue weighted by molar-refractivity contribution is -0.120. The smallest absolute Gasteiger partial charge is 0.318 e. The summed E-state index contributed by atoms with van der Waals surface area (Å²) in [5.74, 6) is 0.0154.